The van der Waals surface area contributed by atoms with Crippen LogP contribution in [0.25, 0.3) is 0 Å². The predicted molar refractivity (Wildman–Crippen MR) is 119 cm³/mol. The van der Waals surface area contributed by atoms with Crippen molar-refractivity contribution in [1.82, 2.24) is 20.4 Å². The Morgan fingerprint density at radius 2 is 1.62 bits per heavy atom. The molecule has 1 saturated carbocycles. The van der Waals surface area contributed by atoms with Gasteiger partial charge in [-0.05, 0) is 25.7 Å². The first-order valence-corrected chi connectivity index (χ1v) is 11.9. The van der Waals surface area contributed by atoms with Crippen LogP contribution in [0.3, 0.4) is 0 Å². The molecule has 0 spiro atoms. The molecule has 29 heavy (non-hydrogen) atoms. The Kier molecular flexibility index (Phi) is 9.49. The van der Waals surface area contributed by atoms with Crippen LogP contribution in [0.4, 0.5) is 0 Å². The number of hydrogen-bond donors (Lipinski definition) is 2. The summed E-state index contributed by atoms with van der Waals surface area (Å²) in [7, 11) is 0. The first kappa shape index (κ1) is 22.8. The first-order valence-electron chi connectivity index (χ1n) is 11.9. The minimum absolute atomic E-state index is 0.226. The van der Waals surface area contributed by atoms with Gasteiger partial charge in [-0.2, -0.15) is 0 Å². The Bertz CT molecular complexity index is 484. The second kappa shape index (κ2) is 12.1. The van der Waals surface area contributed by atoms with E-state index in [-0.39, 0.29) is 5.54 Å². The third-order valence-electron chi connectivity index (χ3n) is 6.63. The summed E-state index contributed by atoms with van der Waals surface area (Å²) >= 11 is 0. The maximum absolute atomic E-state index is 5.61. The van der Waals surface area contributed by atoms with E-state index < -0.39 is 0 Å². The number of nitrogens with zero attached hydrogens (tertiary/aromatic N) is 3. The zero-order chi connectivity index (χ0) is 20.4. The molecule has 0 bridgehead atoms. The number of guanidine groups is 1. The minimum Gasteiger partial charge on any atom is -0.379 e. The summed E-state index contributed by atoms with van der Waals surface area (Å²) in [4.78, 5) is 10.3. The van der Waals surface area contributed by atoms with E-state index in [1.165, 1.54) is 32.1 Å². The Balaban J connectivity index is 1.54. The van der Waals surface area contributed by atoms with Crippen LogP contribution in [0.2, 0.25) is 0 Å². The molecule has 3 aliphatic rings. The van der Waals surface area contributed by atoms with E-state index >= 15 is 0 Å². The third-order valence-corrected chi connectivity index (χ3v) is 6.63. The summed E-state index contributed by atoms with van der Waals surface area (Å²) in [5.74, 6) is 1.55. The Morgan fingerprint density at radius 1 is 0.966 bits per heavy atom. The highest BCUT2D eigenvalue weighted by atomic mass is 16.5. The Labute approximate surface area is 177 Å². The minimum atomic E-state index is 0.226. The summed E-state index contributed by atoms with van der Waals surface area (Å²) in [6.07, 6.45) is 6.56. The van der Waals surface area contributed by atoms with Crippen LogP contribution >= 0.6 is 0 Å². The van der Waals surface area contributed by atoms with Crippen molar-refractivity contribution in [2.24, 2.45) is 10.9 Å². The molecule has 168 valence electrons. The molecule has 7 nitrogen and oxygen atoms in total. The summed E-state index contributed by atoms with van der Waals surface area (Å²) in [5.41, 5.74) is 0.226. The van der Waals surface area contributed by atoms with Crippen LogP contribution in [0, 0.1) is 5.92 Å². The van der Waals surface area contributed by atoms with Gasteiger partial charge in [-0.1, -0.05) is 26.2 Å². The van der Waals surface area contributed by atoms with E-state index in [4.69, 9.17) is 14.5 Å². The normalized spacial score (nSPS) is 25.5. The van der Waals surface area contributed by atoms with Gasteiger partial charge in [0.25, 0.3) is 0 Å². The van der Waals surface area contributed by atoms with Gasteiger partial charge in [0, 0.05) is 51.4 Å². The lowest BCUT2D eigenvalue weighted by Crippen LogP contribution is -2.56. The molecule has 3 fully saturated rings. The summed E-state index contributed by atoms with van der Waals surface area (Å²) < 4.78 is 11.1. The standard InChI is InChI=1S/C22H43N5O2/c1-3-23-21(24-17-20(2)18-26-9-13-28-14-10-26)25-19-22(7-5-4-6-8-22)27-11-15-29-16-12-27/h20H,3-19H2,1-2H3,(H2,23,24,25). The van der Waals surface area contributed by atoms with Gasteiger partial charge in [-0.25, -0.2) is 0 Å². The van der Waals surface area contributed by atoms with Crippen LogP contribution in [0.5, 0.6) is 0 Å². The average Bonchev–Trinajstić information content (AvgIpc) is 2.77. The molecule has 0 aromatic rings. The van der Waals surface area contributed by atoms with Crippen molar-refractivity contribution in [3.63, 3.8) is 0 Å². The number of ether oxygens (including phenoxy) is 2. The average molecular weight is 410 g/mol. The van der Waals surface area contributed by atoms with E-state index in [2.05, 4.69) is 34.3 Å². The zero-order valence-corrected chi connectivity index (χ0v) is 18.8. The van der Waals surface area contributed by atoms with Crippen molar-refractivity contribution in [1.29, 1.82) is 0 Å². The van der Waals surface area contributed by atoms with Crippen LogP contribution < -0.4 is 10.6 Å². The second-order valence-electron chi connectivity index (χ2n) is 8.98. The number of aliphatic imine (C=N–C) groups is 1. The van der Waals surface area contributed by atoms with Crippen LogP contribution in [0.15, 0.2) is 4.99 Å². The fraction of sp³-hybridized carbons (Fsp3) is 0.955. The molecule has 2 heterocycles. The molecule has 1 atom stereocenters. The van der Waals surface area contributed by atoms with E-state index in [9.17, 15) is 0 Å². The molecule has 2 aliphatic heterocycles. The van der Waals surface area contributed by atoms with Crippen molar-refractivity contribution in [2.75, 3.05) is 78.8 Å². The van der Waals surface area contributed by atoms with Crippen LogP contribution in [-0.4, -0.2) is 100 Å². The highest BCUT2D eigenvalue weighted by Gasteiger charge is 2.38. The molecule has 3 rings (SSSR count). The van der Waals surface area contributed by atoms with Crippen molar-refractivity contribution in [3.05, 3.63) is 0 Å². The van der Waals surface area contributed by atoms with Gasteiger partial charge in [0.2, 0.25) is 0 Å². The monoisotopic (exact) mass is 409 g/mol. The Hall–Kier alpha value is -0.890. The molecule has 2 N–H and O–H groups in total. The van der Waals surface area contributed by atoms with Gasteiger partial charge in [0.15, 0.2) is 5.96 Å². The third kappa shape index (κ3) is 7.09. The Morgan fingerprint density at radius 3 is 2.28 bits per heavy atom. The van der Waals surface area contributed by atoms with Gasteiger partial charge in [-0.15, -0.1) is 0 Å². The predicted octanol–water partition coefficient (Wildman–Crippen LogP) is 1.54. The smallest absolute Gasteiger partial charge is 0.191 e. The quantitative estimate of drug-likeness (QED) is 0.469. The van der Waals surface area contributed by atoms with Crippen molar-refractivity contribution < 1.29 is 9.47 Å². The number of morpholine rings is 2. The lowest BCUT2D eigenvalue weighted by atomic mass is 9.80. The SMILES string of the molecule is CCNC(=NCC1(N2CCOCC2)CCCCC1)NCC(C)CN1CCOCC1. The number of nitrogens with one attached hydrogen (secondary N) is 2. The molecular weight excluding hydrogens is 366 g/mol. The van der Waals surface area contributed by atoms with Crippen molar-refractivity contribution >= 4 is 5.96 Å². The molecular formula is C22H43N5O2. The van der Waals surface area contributed by atoms with Gasteiger partial charge in [0.05, 0.1) is 33.0 Å². The molecule has 0 aromatic heterocycles. The maximum atomic E-state index is 5.61. The molecule has 7 heteroatoms. The highest BCUT2D eigenvalue weighted by molar-refractivity contribution is 5.79. The lowest BCUT2D eigenvalue weighted by Gasteiger charge is -2.47. The van der Waals surface area contributed by atoms with E-state index in [1.54, 1.807) is 0 Å². The molecule has 2 saturated heterocycles. The fourth-order valence-corrected chi connectivity index (χ4v) is 4.95. The summed E-state index contributed by atoms with van der Waals surface area (Å²) in [6, 6.07) is 0. The highest BCUT2D eigenvalue weighted by Crippen LogP contribution is 2.34. The fourth-order valence-electron chi connectivity index (χ4n) is 4.95. The maximum Gasteiger partial charge on any atom is 0.191 e. The summed E-state index contributed by atoms with van der Waals surface area (Å²) in [5, 5.41) is 7.07. The molecule has 1 unspecified atom stereocenters. The van der Waals surface area contributed by atoms with Gasteiger partial charge in [0.1, 0.15) is 0 Å². The van der Waals surface area contributed by atoms with Crippen LogP contribution in [0.1, 0.15) is 46.0 Å². The van der Waals surface area contributed by atoms with Gasteiger partial charge < -0.3 is 20.1 Å². The van der Waals surface area contributed by atoms with Crippen molar-refractivity contribution in [2.45, 2.75) is 51.5 Å². The molecule has 0 radical (unpaired) electrons. The number of hydrogen-bond acceptors (Lipinski definition) is 5. The molecule has 1 aliphatic carbocycles. The van der Waals surface area contributed by atoms with E-state index in [0.717, 1.165) is 84.7 Å². The lowest BCUT2D eigenvalue weighted by molar-refractivity contribution is -0.0333. The van der Waals surface area contributed by atoms with Gasteiger partial charge >= 0.3 is 0 Å². The van der Waals surface area contributed by atoms with Crippen molar-refractivity contribution in [3.8, 4) is 0 Å². The van der Waals surface area contributed by atoms with E-state index in [0.29, 0.717) is 5.92 Å². The van der Waals surface area contributed by atoms with Gasteiger partial charge in [-0.3, -0.25) is 14.8 Å². The largest absolute Gasteiger partial charge is 0.379 e. The summed E-state index contributed by atoms with van der Waals surface area (Å²) in [6.45, 7) is 16.0. The van der Waals surface area contributed by atoms with Crippen LogP contribution in [-0.2, 0) is 9.47 Å². The molecule has 0 aromatic carbocycles. The molecule has 0 amide bonds. The second-order valence-corrected chi connectivity index (χ2v) is 8.98. The van der Waals surface area contributed by atoms with E-state index in [1.807, 2.05) is 0 Å². The number of rotatable bonds is 8. The zero-order valence-electron chi connectivity index (χ0n) is 18.8. The first-order chi connectivity index (χ1) is 14.2. The topological polar surface area (TPSA) is 61.4 Å².